The Morgan fingerprint density at radius 1 is 1.30 bits per heavy atom. The van der Waals surface area contributed by atoms with Gasteiger partial charge >= 0.3 is 6.61 Å². The molecule has 0 aliphatic carbocycles. The van der Waals surface area contributed by atoms with Crippen LogP contribution in [-0.2, 0) is 0 Å². The molecular weight excluding hydrogens is 262 g/mol. The number of anilines is 1. The normalized spacial score (nSPS) is 23.4. The second-order valence-corrected chi connectivity index (χ2v) is 5.61. The van der Waals surface area contributed by atoms with E-state index in [9.17, 15) is 8.78 Å². The molecule has 0 amide bonds. The van der Waals surface area contributed by atoms with E-state index < -0.39 is 6.61 Å². The number of nitrogens with one attached hydrogen (secondary N) is 1. The van der Waals surface area contributed by atoms with Gasteiger partial charge in [0.2, 0.25) is 0 Å². The summed E-state index contributed by atoms with van der Waals surface area (Å²) in [5.41, 5.74) is 0.743. The van der Waals surface area contributed by atoms with Gasteiger partial charge in [0.15, 0.2) is 0 Å². The number of nitrogens with zero attached hydrogens (tertiary/aromatic N) is 1. The first-order valence-corrected chi connectivity index (χ1v) is 7.03. The van der Waals surface area contributed by atoms with E-state index in [1.54, 1.807) is 12.1 Å². The molecule has 1 aromatic carbocycles. The molecule has 2 atom stereocenters. The monoisotopic (exact) mass is 284 g/mol. The van der Waals surface area contributed by atoms with Crippen LogP contribution in [-0.4, -0.2) is 31.8 Å². The molecule has 1 fully saturated rings. The first-order chi connectivity index (χ1) is 9.49. The molecule has 1 aromatic rings. The van der Waals surface area contributed by atoms with Gasteiger partial charge < -0.3 is 15.0 Å². The molecule has 1 aliphatic rings. The summed E-state index contributed by atoms with van der Waals surface area (Å²) in [6.07, 6.45) is 0. The average molecular weight is 284 g/mol. The maximum absolute atomic E-state index is 12.5. The fourth-order valence-electron chi connectivity index (χ4n) is 2.56. The van der Waals surface area contributed by atoms with Gasteiger partial charge in [-0.2, -0.15) is 8.78 Å². The first kappa shape index (κ1) is 15.0. The van der Waals surface area contributed by atoms with E-state index in [1.165, 1.54) is 0 Å². The van der Waals surface area contributed by atoms with E-state index in [0.29, 0.717) is 12.0 Å². The molecule has 1 saturated heterocycles. The van der Waals surface area contributed by atoms with Crippen molar-refractivity contribution in [2.75, 3.05) is 18.0 Å². The first-order valence-electron chi connectivity index (χ1n) is 7.03. The van der Waals surface area contributed by atoms with Gasteiger partial charge in [-0.25, -0.2) is 0 Å². The van der Waals surface area contributed by atoms with Crippen molar-refractivity contribution in [3.63, 3.8) is 0 Å². The summed E-state index contributed by atoms with van der Waals surface area (Å²) in [4.78, 5) is 2.15. The van der Waals surface area contributed by atoms with Crippen molar-refractivity contribution in [1.82, 2.24) is 5.32 Å². The van der Waals surface area contributed by atoms with Crippen molar-refractivity contribution in [3.05, 3.63) is 24.3 Å². The van der Waals surface area contributed by atoms with Gasteiger partial charge in [-0.15, -0.1) is 0 Å². The minimum absolute atomic E-state index is 0.243. The lowest BCUT2D eigenvalue weighted by atomic mass is 9.99. The number of halogens is 2. The third kappa shape index (κ3) is 3.39. The molecule has 0 spiro atoms. The van der Waals surface area contributed by atoms with Crippen molar-refractivity contribution in [1.29, 1.82) is 0 Å². The molecule has 0 aromatic heterocycles. The number of ether oxygens (including phenoxy) is 1. The molecule has 1 aliphatic heterocycles. The second kappa shape index (κ2) is 6.39. The average Bonchev–Trinajstić information content (AvgIpc) is 2.39. The van der Waals surface area contributed by atoms with E-state index in [4.69, 9.17) is 0 Å². The minimum Gasteiger partial charge on any atom is -0.433 e. The Labute approximate surface area is 118 Å². The summed E-state index contributed by atoms with van der Waals surface area (Å²) < 4.78 is 29.7. The van der Waals surface area contributed by atoms with Crippen LogP contribution in [0.1, 0.15) is 20.8 Å². The number of benzene rings is 1. The van der Waals surface area contributed by atoms with Gasteiger partial charge in [-0.05, 0) is 25.0 Å². The third-order valence-electron chi connectivity index (χ3n) is 3.80. The van der Waals surface area contributed by atoms with Crippen molar-refractivity contribution >= 4 is 5.69 Å². The highest BCUT2D eigenvalue weighted by Crippen LogP contribution is 2.32. The van der Waals surface area contributed by atoms with Gasteiger partial charge in [-0.1, -0.05) is 26.0 Å². The molecule has 2 unspecified atom stereocenters. The van der Waals surface area contributed by atoms with Crippen LogP contribution in [0.3, 0.4) is 0 Å². The molecular formula is C15H22F2N2O. The Balaban J connectivity index is 2.24. The number of hydrogen-bond acceptors (Lipinski definition) is 3. The third-order valence-corrected chi connectivity index (χ3v) is 3.80. The predicted molar refractivity (Wildman–Crippen MR) is 76.5 cm³/mol. The lowest BCUT2D eigenvalue weighted by Gasteiger charge is -2.42. The smallest absolute Gasteiger partial charge is 0.387 e. The summed E-state index contributed by atoms with van der Waals surface area (Å²) in [5.74, 6) is 0.743. The highest BCUT2D eigenvalue weighted by Gasteiger charge is 2.28. The summed E-state index contributed by atoms with van der Waals surface area (Å²) in [7, 11) is 0. The van der Waals surface area contributed by atoms with Crippen molar-refractivity contribution < 1.29 is 13.5 Å². The van der Waals surface area contributed by atoms with Gasteiger partial charge in [0, 0.05) is 25.2 Å². The maximum atomic E-state index is 12.5. The molecule has 1 heterocycles. The topological polar surface area (TPSA) is 24.5 Å². The van der Waals surface area contributed by atoms with Gasteiger partial charge in [0.1, 0.15) is 5.75 Å². The lowest BCUT2D eigenvalue weighted by Crippen LogP contribution is -2.57. The number of piperazine rings is 1. The van der Waals surface area contributed by atoms with Crippen molar-refractivity contribution in [2.24, 2.45) is 5.92 Å². The standard InChI is InChI=1S/C15H22F2N2O/c1-10(2)12-9-19(11(3)8-18-12)13-6-4-5-7-14(13)20-15(16)17/h4-7,10-12,15,18H,8-9H2,1-3H3. The van der Waals surface area contributed by atoms with Crippen LogP contribution < -0.4 is 15.0 Å². The van der Waals surface area contributed by atoms with Crippen molar-refractivity contribution in [3.8, 4) is 5.75 Å². The number of hydrogen-bond donors (Lipinski definition) is 1. The van der Waals surface area contributed by atoms with E-state index in [1.807, 2.05) is 12.1 Å². The van der Waals surface area contributed by atoms with Crippen LogP contribution in [0.2, 0.25) is 0 Å². The fraction of sp³-hybridized carbons (Fsp3) is 0.600. The molecule has 0 bridgehead atoms. The number of rotatable bonds is 4. The molecule has 112 valence electrons. The summed E-state index contributed by atoms with van der Waals surface area (Å²) >= 11 is 0. The molecule has 0 saturated carbocycles. The highest BCUT2D eigenvalue weighted by atomic mass is 19.3. The van der Waals surface area contributed by atoms with Crippen LogP contribution >= 0.6 is 0 Å². The molecule has 1 N–H and O–H groups in total. The highest BCUT2D eigenvalue weighted by molar-refractivity contribution is 5.59. The van der Waals surface area contributed by atoms with E-state index in [2.05, 4.69) is 35.7 Å². The summed E-state index contributed by atoms with van der Waals surface area (Å²) in [6, 6.07) is 7.61. The zero-order valence-electron chi connectivity index (χ0n) is 12.1. The second-order valence-electron chi connectivity index (χ2n) is 5.61. The van der Waals surface area contributed by atoms with Crippen LogP contribution in [0.4, 0.5) is 14.5 Å². The van der Waals surface area contributed by atoms with Crippen LogP contribution in [0.5, 0.6) is 5.75 Å². The Morgan fingerprint density at radius 2 is 2.00 bits per heavy atom. The Morgan fingerprint density at radius 3 is 2.65 bits per heavy atom. The maximum Gasteiger partial charge on any atom is 0.387 e. The summed E-state index contributed by atoms with van der Waals surface area (Å²) in [5, 5.41) is 3.50. The molecule has 20 heavy (non-hydrogen) atoms. The Bertz CT molecular complexity index is 440. The zero-order valence-corrected chi connectivity index (χ0v) is 12.1. The number of alkyl halides is 2. The Kier molecular flexibility index (Phi) is 4.81. The van der Waals surface area contributed by atoms with Crippen LogP contribution in [0, 0.1) is 5.92 Å². The predicted octanol–water partition coefficient (Wildman–Crippen LogP) is 3.11. The molecule has 0 radical (unpaired) electrons. The lowest BCUT2D eigenvalue weighted by molar-refractivity contribution is -0.0495. The quantitative estimate of drug-likeness (QED) is 0.919. The van der Waals surface area contributed by atoms with E-state index in [0.717, 1.165) is 18.8 Å². The van der Waals surface area contributed by atoms with E-state index in [-0.39, 0.29) is 11.8 Å². The molecule has 5 heteroatoms. The van der Waals surface area contributed by atoms with Gasteiger partial charge in [-0.3, -0.25) is 0 Å². The summed E-state index contributed by atoms with van der Waals surface area (Å²) in [6.45, 7) is 5.24. The van der Waals surface area contributed by atoms with Gasteiger partial charge in [0.05, 0.1) is 5.69 Å². The Hall–Kier alpha value is -1.36. The van der Waals surface area contributed by atoms with Crippen LogP contribution in [0.25, 0.3) is 0 Å². The number of para-hydroxylation sites is 2. The largest absolute Gasteiger partial charge is 0.433 e. The zero-order chi connectivity index (χ0) is 14.7. The fourth-order valence-corrected chi connectivity index (χ4v) is 2.56. The SMILES string of the molecule is CC(C)C1CN(c2ccccc2OC(F)F)C(C)CN1. The van der Waals surface area contributed by atoms with Crippen molar-refractivity contribution in [2.45, 2.75) is 39.5 Å². The van der Waals surface area contributed by atoms with E-state index >= 15 is 0 Å². The molecule has 3 nitrogen and oxygen atoms in total. The minimum atomic E-state index is -2.80. The van der Waals surface area contributed by atoms with Crippen LogP contribution in [0.15, 0.2) is 24.3 Å². The molecule has 2 rings (SSSR count). The van der Waals surface area contributed by atoms with Gasteiger partial charge in [0.25, 0.3) is 0 Å².